The van der Waals surface area contributed by atoms with Gasteiger partial charge in [0.05, 0.1) is 14.2 Å². The molecule has 8 nitrogen and oxygen atoms in total. The molecule has 0 unspecified atom stereocenters. The van der Waals surface area contributed by atoms with Gasteiger partial charge in [0.15, 0.2) is 11.8 Å². The van der Waals surface area contributed by atoms with Crippen LogP contribution in [0.3, 0.4) is 0 Å². The molecule has 1 aromatic heterocycles. The fourth-order valence-electron chi connectivity index (χ4n) is 2.93. The van der Waals surface area contributed by atoms with Crippen molar-refractivity contribution in [3.8, 4) is 22.9 Å². The predicted molar refractivity (Wildman–Crippen MR) is 118 cm³/mol. The summed E-state index contributed by atoms with van der Waals surface area (Å²) in [7, 11) is 5.32. The Morgan fingerprint density at radius 3 is 2.27 bits per heavy atom. The summed E-state index contributed by atoms with van der Waals surface area (Å²) in [6.45, 7) is 3.95. The van der Waals surface area contributed by atoms with Gasteiger partial charge in [-0.05, 0) is 48.9 Å². The highest BCUT2D eigenvalue weighted by Crippen LogP contribution is 2.19. The molecule has 0 bridgehead atoms. The summed E-state index contributed by atoms with van der Waals surface area (Å²) in [5, 5.41) is 10.6. The molecule has 3 aromatic rings. The summed E-state index contributed by atoms with van der Waals surface area (Å²) in [5.41, 5.74) is 2.09. The van der Waals surface area contributed by atoms with Crippen LogP contribution in [-0.4, -0.2) is 53.9 Å². The molecule has 158 valence electrons. The molecule has 1 heterocycles. The topological polar surface area (TPSA) is 87.7 Å². The number of rotatable bonds is 8. The number of hydrogen-bond donors (Lipinski definition) is 2. The molecule has 0 spiro atoms. The van der Waals surface area contributed by atoms with Gasteiger partial charge in [0.1, 0.15) is 23.9 Å². The lowest BCUT2D eigenvalue weighted by Gasteiger charge is -2.22. The third kappa shape index (κ3) is 5.50. The normalized spacial score (nSPS) is 11.3. The molecule has 3 rings (SSSR count). The van der Waals surface area contributed by atoms with Gasteiger partial charge in [-0.3, -0.25) is 5.10 Å². The number of benzene rings is 2. The highest BCUT2D eigenvalue weighted by molar-refractivity contribution is 5.79. The lowest BCUT2D eigenvalue weighted by Crippen LogP contribution is -2.38. The number of aliphatic imine (C=N–C) groups is 1. The van der Waals surface area contributed by atoms with Crippen molar-refractivity contribution >= 4 is 5.96 Å². The zero-order chi connectivity index (χ0) is 21.3. The van der Waals surface area contributed by atoms with Crippen LogP contribution in [-0.2, 0) is 13.1 Å². The lowest BCUT2D eigenvalue weighted by molar-refractivity contribution is 0.414. The Bertz CT molecular complexity index is 951. The zero-order valence-corrected chi connectivity index (χ0v) is 17.8. The van der Waals surface area contributed by atoms with Gasteiger partial charge in [0, 0.05) is 25.7 Å². The van der Waals surface area contributed by atoms with Gasteiger partial charge in [-0.1, -0.05) is 12.1 Å². The van der Waals surface area contributed by atoms with E-state index in [0.717, 1.165) is 36.1 Å². The first kappa shape index (κ1) is 21.2. The van der Waals surface area contributed by atoms with E-state index in [4.69, 9.17) is 14.5 Å². The van der Waals surface area contributed by atoms with Crippen LogP contribution in [0.4, 0.5) is 0 Å². The standard InChI is InChI=1S/C22H28N6O2/c1-5-23-22(28(2)15-16-6-10-18(29-3)11-7-16)24-14-20-25-21(27-26-20)17-8-12-19(30-4)13-9-17/h6-13H,5,14-15H2,1-4H3,(H,23,24)(H,25,26,27). The Hall–Kier alpha value is -3.55. The molecule has 0 aliphatic rings. The smallest absolute Gasteiger partial charge is 0.194 e. The largest absolute Gasteiger partial charge is 0.497 e. The molecule has 30 heavy (non-hydrogen) atoms. The van der Waals surface area contributed by atoms with E-state index in [1.165, 1.54) is 5.56 Å². The van der Waals surface area contributed by atoms with Gasteiger partial charge in [-0.25, -0.2) is 9.98 Å². The number of methoxy groups -OCH3 is 2. The van der Waals surface area contributed by atoms with E-state index in [2.05, 4.69) is 37.5 Å². The van der Waals surface area contributed by atoms with E-state index in [-0.39, 0.29) is 0 Å². The van der Waals surface area contributed by atoms with Crippen LogP contribution in [0.1, 0.15) is 18.3 Å². The molecule has 2 N–H and O–H groups in total. The van der Waals surface area contributed by atoms with Gasteiger partial charge in [0.25, 0.3) is 0 Å². The molecule has 0 atom stereocenters. The summed E-state index contributed by atoms with van der Waals surface area (Å²) in [6, 6.07) is 15.7. The Labute approximate surface area is 177 Å². The third-order valence-corrected chi connectivity index (χ3v) is 4.53. The molecular formula is C22H28N6O2. The number of guanidine groups is 1. The Kier molecular flexibility index (Phi) is 7.26. The second-order valence-corrected chi connectivity index (χ2v) is 6.71. The molecule has 0 aliphatic heterocycles. The molecule has 0 saturated carbocycles. The van der Waals surface area contributed by atoms with Crippen molar-refractivity contribution in [1.29, 1.82) is 0 Å². The monoisotopic (exact) mass is 408 g/mol. The highest BCUT2D eigenvalue weighted by Gasteiger charge is 2.09. The van der Waals surface area contributed by atoms with E-state index in [1.54, 1.807) is 14.2 Å². The molecular weight excluding hydrogens is 380 g/mol. The molecule has 0 fully saturated rings. The number of ether oxygens (including phenoxy) is 2. The summed E-state index contributed by atoms with van der Waals surface area (Å²) in [4.78, 5) is 11.3. The summed E-state index contributed by atoms with van der Waals surface area (Å²) >= 11 is 0. The maximum absolute atomic E-state index is 5.22. The number of aromatic amines is 1. The quantitative estimate of drug-likeness (QED) is 0.440. The summed E-state index contributed by atoms with van der Waals surface area (Å²) < 4.78 is 10.4. The van der Waals surface area contributed by atoms with Crippen LogP contribution in [0.25, 0.3) is 11.4 Å². The van der Waals surface area contributed by atoms with Crippen molar-refractivity contribution < 1.29 is 9.47 Å². The van der Waals surface area contributed by atoms with Gasteiger partial charge in [-0.2, -0.15) is 5.10 Å². The number of hydrogen-bond acceptors (Lipinski definition) is 5. The highest BCUT2D eigenvalue weighted by atomic mass is 16.5. The van der Waals surface area contributed by atoms with Crippen LogP contribution in [0, 0.1) is 0 Å². The van der Waals surface area contributed by atoms with Crippen LogP contribution >= 0.6 is 0 Å². The molecule has 0 amide bonds. The van der Waals surface area contributed by atoms with Gasteiger partial charge < -0.3 is 19.7 Å². The molecule has 8 heteroatoms. The first-order valence-corrected chi connectivity index (χ1v) is 9.81. The second kappa shape index (κ2) is 10.3. The average Bonchev–Trinajstić information content (AvgIpc) is 3.26. The fourth-order valence-corrected chi connectivity index (χ4v) is 2.93. The first-order chi connectivity index (χ1) is 14.6. The van der Waals surface area contributed by atoms with Gasteiger partial charge in [-0.15, -0.1) is 0 Å². The van der Waals surface area contributed by atoms with Crippen molar-refractivity contribution in [2.45, 2.75) is 20.0 Å². The maximum atomic E-state index is 5.22. The molecule has 0 radical (unpaired) electrons. The van der Waals surface area contributed by atoms with Crippen molar-refractivity contribution in [1.82, 2.24) is 25.4 Å². The van der Waals surface area contributed by atoms with Gasteiger partial charge in [0.2, 0.25) is 0 Å². The number of H-pyrrole nitrogens is 1. The average molecular weight is 409 g/mol. The van der Waals surface area contributed by atoms with Crippen LogP contribution in [0.2, 0.25) is 0 Å². The van der Waals surface area contributed by atoms with E-state index in [9.17, 15) is 0 Å². The van der Waals surface area contributed by atoms with Crippen LogP contribution in [0.5, 0.6) is 11.5 Å². The predicted octanol–water partition coefficient (Wildman–Crippen LogP) is 3.09. The van der Waals surface area contributed by atoms with Crippen LogP contribution in [0.15, 0.2) is 53.5 Å². The van der Waals surface area contributed by atoms with Gasteiger partial charge >= 0.3 is 0 Å². The van der Waals surface area contributed by atoms with Crippen molar-refractivity contribution in [2.24, 2.45) is 4.99 Å². The molecule has 2 aromatic carbocycles. The van der Waals surface area contributed by atoms with E-state index in [1.807, 2.05) is 50.4 Å². The zero-order valence-electron chi connectivity index (χ0n) is 17.8. The van der Waals surface area contributed by atoms with Crippen molar-refractivity contribution in [3.63, 3.8) is 0 Å². The minimum atomic E-state index is 0.401. The second-order valence-electron chi connectivity index (χ2n) is 6.71. The minimum absolute atomic E-state index is 0.401. The Balaban J connectivity index is 1.66. The maximum Gasteiger partial charge on any atom is 0.194 e. The SMILES string of the molecule is CCNC(=NCc1nc(-c2ccc(OC)cc2)n[nH]1)N(C)Cc1ccc(OC)cc1. The third-order valence-electron chi connectivity index (χ3n) is 4.53. The fraction of sp³-hybridized carbons (Fsp3) is 0.318. The molecule has 0 saturated heterocycles. The van der Waals surface area contributed by atoms with Crippen molar-refractivity contribution in [3.05, 3.63) is 59.9 Å². The lowest BCUT2D eigenvalue weighted by atomic mass is 10.2. The minimum Gasteiger partial charge on any atom is -0.497 e. The Morgan fingerprint density at radius 2 is 1.67 bits per heavy atom. The van der Waals surface area contributed by atoms with E-state index >= 15 is 0 Å². The number of aromatic nitrogens is 3. The van der Waals surface area contributed by atoms with E-state index < -0.39 is 0 Å². The van der Waals surface area contributed by atoms with Crippen molar-refractivity contribution in [2.75, 3.05) is 27.8 Å². The van der Waals surface area contributed by atoms with E-state index in [0.29, 0.717) is 18.2 Å². The number of nitrogens with one attached hydrogen (secondary N) is 2. The summed E-state index contributed by atoms with van der Waals surface area (Å²) in [6.07, 6.45) is 0. The summed E-state index contributed by atoms with van der Waals surface area (Å²) in [5.74, 6) is 3.79. The number of nitrogens with zero attached hydrogens (tertiary/aromatic N) is 4. The molecule has 0 aliphatic carbocycles. The first-order valence-electron chi connectivity index (χ1n) is 9.81. The van der Waals surface area contributed by atoms with Crippen LogP contribution < -0.4 is 14.8 Å². The Morgan fingerprint density at radius 1 is 1.03 bits per heavy atom.